The van der Waals surface area contributed by atoms with Gasteiger partial charge < -0.3 is 9.97 Å². The number of hydrogen-bond donors (Lipinski definition) is 6. The molecule has 2 aromatic carbocycles. The van der Waals surface area contributed by atoms with Crippen molar-refractivity contribution in [3.8, 4) is 0 Å². The summed E-state index contributed by atoms with van der Waals surface area (Å²) in [6, 6.07) is 13.2. The van der Waals surface area contributed by atoms with Gasteiger partial charge in [0.2, 0.25) is 0 Å². The summed E-state index contributed by atoms with van der Waals surface area (Å²) in [6.07, 6.45) is 7.12. The number of aromatic nitrogens is 2. The number of aromatic amines is 2. The number of aliphatic imine (C=N–C) groups is 2. The molecule has 2 unspecified atom stereocenters. The minimum absolute atomic E-state index is 0.160. The molecule has 268 valence electrons. The summed E-state index contributed by atoms with van der Waals surface area (Å²) < 4.78 is 138. The van der Waals surface area contributed by atoms with Gasteiger partial charge in [0, 0.05) is 22.0 Å². The summed E-state index contributed by atoms with van der Waals surface area (Å²) in [5, 5.41) is 0.843. The van der Waals surface area contributed by atoms with Gasteiger partial charge in [0.1, 0.15) is 10.9 Å². The highest BCUT2D eigenvalue weighted by Gasteiger charge is 2.54. The van der Waals surface area contributed by atoms with Gasteiger partial charge in [-0.05, 0) is 84.0 Å². The van der Waals surface area contributed by atoms with Gasteiger partial charge in [-0.1, -0.05) is 30.3 Å². The monoisotopic (exact) mass is 784 g/mol. The Morgan fingerprint density at radius 1 is 0.654 bits per heavy atom. The number of rotatable bonds is 6. The van der Waals surface area contributed by atoms with Gasteiger partial charge in [-0.15, -0.1) is 0 Å². The van der Waals surface area contributed by atoms with Crippen LogP contribution in [0.15, 0.2) is 123 Å². The van der Waals surface area contributed by atoms with Gasteiger partial charge in [0.15, 0.2) is 4.75 Å². The molecule has 0 aliphatic carbocycles. The van der Waals surface area contributed by atoms with E-state index in [1.165, 1.54) is 48.6 Å². The minimum atomic E-state index is -5.32. The highest BCUT2D eigenvalue weighted by atomic mass is 32.2. The van der Waals surface area contributed by atoms with E-state index in [9.17, 15) is 51.9 Å². The molecule has 0 saturated heterocycles. The quantitative estimate of drug-likeness (QED) is 0.152. The van der Waals surface area contributed by atoms with Gasteiger partial charge in [-0.25, -0.2) is 4.99 Å². The molecule has 0 saturated carbocycles. The van der Waals surface area contributed by atoms with Crippen LogP contribution in [0.25, 0.3) is 16.6 Å². The predicted molar refractivity (Wildman–Crippen MR) is 188 cm³/mol. The Kier molecular flexibility index (Phi) is 8.16. The van der Waals surface area contributed by atoms with Gasteiger partial charge in [-0.3, -0.25) is 23.2 Å². The first kappa shape index (κ1) is 35.3. The fourth-order valence-corrected chi connectivity index (χ4v) is 9.37. The number of H-pyrrole nitrogens is 2. The maximum Gasteiger partial charge on any atom is 0.298 e. The summed E-state index contributed by atoms with van der Waals surface area (Å²) in [4.78, 5) is 13.2. The summed E-state index contributed by atoms with van der Waals surface area (Å²) in [6.45, 7) is 0. The summed E-state index contributed by atoms with van der Waals surface area (Å²) in [5.41, 5.74) is -0.0568. The van der Waals surface area contributed by atoms with Crippen molar-refractivity contribution >= 4 is 68.5 Å². The summed E-state index contributed by atoms with van der Waals surface area (Å²) in [7, 11) is -19.7. The number of allylic oxidation sites excluding steroid dienone is 3. The van der Waals surface area contributed by atoms with Crippen LogP contribution in [0.5, 0.6) is 0 Å². The first-order valence-corrected chi connectivity index (χ1v) is 20.5. The van der Waals surface area contributed by atoms with Crippen LogP contribution < -0.4 is 10.7 Å². The largest absolute Gasteiger partial charge is 0.356 e. The van der Waals surface area contributed by atoms with Crippen LogP contribution in [0.4, 0.5) is 0 Å². The van der Waals surface area contributed by atoms with Crippen LogP contribution in [-0.4, -0.2) is 79.3 Å². The van der Waals surface area contributed by atoms with Gasteiger partial charge >= 0.3 is 0 Å². The van der Waals surface area contributed by atoms with Crippen molar-refractivity contribution in [1.29, 1.82) is 0 Å². The molecular weight excluding hydrogens is 761 g/mol. The van der Waals surface area contributed by atoms with Crippen LogP contribution in [0.1, 0.15) is 22.5 Å². The van der Waals surface area contributed by atoms with Crippen molar-refractivity contribution in [2.24, 2.45) is 9.98 Å². The van der Waals surface area contributed by atoms with E-state index < -0.39 is 61.1 Å². The Bertz CT molecular complexity index is 2940. The van der Waals surface area contributed by atoms with E-state index in [1.54, 1.807) is 18.2 Å². The van der Waals surface area contributed by atoms with E-state index in [2.05, 4.69) is 20.0 Å². The zero-order valence-corrected chi connectivity index (χ0v) is 29.2. The Hall–Kier alpha value is -5.06. The van der Waals surface area contributed by atoms with Crippen molar-refractivity contribution in [2.75, 3.05) is 0 Å². The summed E-state index contributed by atoms with van der Waals surface area (Å²) >= 11 is 0. The molecule has 2 atom stereocenters. The molecule has 8 bridgehead atoms. The molecule has 20 heteroatoms. The molecule has 3 aliphatic heterocycles. The maximum atomic E-state index is 13.7. The van der Waals surface area contributed by atoms with E-state index in [1.807, 2.05) is 0 Å². The van der Waals surface area contributed by atoms with Crippen molar-refractivity contribution in [3.63, 3.8) is 0 Å². The molecular formula is C32H24N4O12S4. The lowest BCUT2D eigenvalue weighted by molar-refractivity contribution is 0.431. The minimum Gasteiger partial charge on any atom is -0.356 e. The van der Waals surface area contributed by atoms with Crippen molar-refractivity contribution in [3.05, 3.63) is 136 Å². The molecule has 7 rings (SSSR count). The molecule has 16 nitrogen and oxygen atoms in total. The van der Waals surface area contributed by atoms with Gasteiger partial charge in [0.05, 0.1) is 32.6 Å². The molecule has 6 N–H and O–H groups in total. The number of fused-ring (bicyclic) bond motifs is 6. The molecule has 0 fully saturated rings. The molecule has 0 spiro atoms. The maximum absolute atomic E-state index is 13.7. The lowest BCUT2D eigenvalue weighted by Crippen LogP contribution is -2.46. The Morgan fingerprint density at radius 2 is 1.29 bits per heavy atom. The average molecular weight is 785 g/mol. The van der Waals surface area contributed by atoms with Gasteiger partial charge in [-0.2, -0.15) is 33.7 Å². The lowest BCUT2D eigenvalue weighted by atomic mass is 9.87. The summed E-state index contributed by atoms with van der Waals surface area (Å²) in [5.74, 6) is 0. The number of nitrogens with zero attached hydrogens (tertiary/aromatic N) is 2. The number of hydrogen-bond acceptors (Lipinski definition) is 10. The molecule has 0 amide bonds. The highest BCUT2D eigenvalue weighted by molar-refractivity contribution is 7.95. The molecule has 4 aromatic rings. The van der Waals surface area contributed by atoms with E-state index in [4.69, 9.17) is 0 Å². The van der Waals surface area contributed by atoms with Crippen molar-refractivity contribution < 1.29 is 51.9 Å². The predicted octanol–water partition coefficient (Wildman–Crippen LogP) is 1.61. The average Bonchev–Trinajstić information content (AvgIpc) is 3.87. The molecule has 0 radical (unpaired) electrons. The van der Waals surface area contributed by atoms with E-state index in [0.29, 0.717) is 21.8 Å². The topological polar surface area (TPSA) is 274 Å². The second kappa shape index (κ2) is 12.0. The first-order chi connectivity index (χ1) is 24.3. The van der Waals surface area contributed by atoms with Crippen LogP contribution in [-0.2, 0) is 45.2 Å². The fraction of sp³-hybridized carbons (Fsp3) is 0.0625. The molecule has 5 heterocycles. The normalized spacial score (nSPS) is 23.6. The second-order valence-corrected chi connectivity index (χ2v) is 17.5. The molecule has 3 aliphatic rings. The van der Waals surface area contributed by atoms with Crippen LogP contribution in [0.2, 0.25) is 0 Å². The van der Waals surface area contributed by atoms with Crippen LogP contribution in [0, 0.1) is 0 Å². The zero-order chi connectivity index (χ0) is 37.4. The zero-order valence-electron chi connectivity index (χ0n) is 26.0. The van der Waals surface area contributed by atoms with Crippen LogP contribution in [0.3, 0.4) is 0 Å². The molecule has 52 heavy (non-hydrogen) atoms. The third-order valence-corrected chi connectivity index (χ3v) is 12.8. The van der Waals surface area contributed by atoms with Gasteiger partial charge in [0.25, 0.3) is 40.5 Å². The molecule has 2 aromatic heterocycles. The van der Waals surface area contributed by atoms with Crippen molar-refractivity contribution in [1.82, 2.24) is 9.97 Å². The Balaban J connectivity index is 1.56. The third kappa shape index (κ3) is 6.03. The van der Waals surface area contributed by atoms with E-state index >= 15 is 0 Å². The SMILES string of the molecule is O=S(=O)(O)/C1=C2\C=CC(=N2)/C(c2ccc(S(=O)(=O)O)cc2)=c2/cc/c([nH]2)=C/C2=NC(C=C2)C(c2ccc(S(=O)(=O)O)cc2)(S(=O)(=O)O)c2ccc1[nH]2. The fourth-order valence-electron chi connectivity index (χ4n) is 6.37. The number of benzene rings is 2. The lowest BCUT2D eigenvalue weighted by Gasteiger charge is -2.33. The standard InChI is InChI=1S/C32H24N4O12S4/c37-49(38,39)22-7-1-18(2-8-22)30-24-11-5-20(33-24)17-21-6-15-28(34-21)32(52(46,47)48,19-3-9-23(10-4-19)50(40,41)42)29-16-14-27(36-29)31(51(43,44)45)26-13-12-25(30)35-26/h1-17,28,33,36H,(H,37,38,39)(H,40,41,42)(H,43,44,45)(H,46,47,48)/b20-17-,30-24-,31-26+. The van der Waals surface area contributed by atoms with Crippen LogP contribution >= 0.6 is 0 Å². The third-order valence-electron chi connectivity index (χ3n) is 8.58. The Labute approximate surface area is 295 Å². The highest BCUT2D eigenvalue weighted by Crippen LogP contribution is 2.44. The van der Waals surface area contributed by atoms with Crippen molar-refractivity contribution in [2.45, 2.75) is 20.6 Å². The smallest absolute Gasteiger partial charge is 0.298 e. The Morgan fingerprint density at radius 3 is 1.88 bits per heavy atom. The second-order valence-electron chi connectivity index (χ2n) is 11.7. The van der Waals surface area contributed by atoms with E-state index in [-0.39, 0.29) is 39.0 Å². The van der Waals surface area contributed by atoms with E-state index in [0.717, 1.165) is 36.4 Å². The first-order valence-electron chi connectivity index (χ1n) is 14.8. The number of nitrogens with one attached hydrogen (secondary N) is 2.